The number of hydrogen-bond donors (Lipinski definition) is 0. The van der Waals surface area contributed by atoms with Gasteiger partial charge < -0.3 is 18.9 Å². The van der Waals surface area contributed by atoms with Crippen LogP contribution >= 0.6 is 11.6 Å². The molecule has 0 saturated heterocycles. The van der Waals surface area contributed by atoms with Gasteiger partial charge in [-0.25, -0.2) is 0 Å². The van der Waals surface area contributed by atoms with Gasteiger partial charge >= 0.3 is 0 Å². The normalized spacial score (nSPS) is 11.2. The summed E-state index contributed by atoms with van der Waals surface area (Å²) >= 11 is 5.65. The molecule has 0 aromatic heterocycles. The molecule has 0 spiro atoms. The van der Waals surface area contributed by atoms with E-state index in [0.717, 1.165) is 37.5 Å². The second-order valence-electron chi connectivity index (χ2n) is 7.95. The van der Waals surface area contributed by atoms with Crippen molar-refractivity contribution in [1.82, 2.24) is 0 Å². The van der Waals surface area contributed by atoms with Crippen molar-refractivity contribution in [2.24, 2.45) is 0 Å². The average Bonchev–Trinajstić information content (AvgIpc) is 2.79. The lowest BCUT2D eigenvalue weighted by Gasteiger charge is -2.09. The van der Waals surface area contributed by atoms with Crippen LogP contribution in [0.5, 0.6) is 5.75 Å². The molecule has 0 radical (unpaired) electrons. The minimum atomic E-state index is 0.559. The van der Waals surface area contributed by atoms with Crippen LogP contribution in [0, 0.1) is 0 Å². The Morgan fingerprint density at radius 1 is 0.581 bits per heavy atom. The molecule has 0 aliphatic rings. The Balaban J connectivity index is 1.86. The lowest BCUT2D eigenvalue weighted by Crippen LogP contribution is -2.13. The summed E-state index contributed by atoms with van der Waals surface area (Å²) in [5.74, 6) is 1.67. The van der Waals surface area contributed by atoms with Crippen molar-refractivity contribution in [2.45, 2.75) is 77.6 Å². The molecule has 0 unspecified atom stereocenters. The number of aryl methyl sites for hydroxylation is 1. The monoisotopic (exact) mass is 456 g/mol. The van der Waals surface area contributed by atoms with E-state index < -0.39 is 0 Å². The molecule has 1 rings (SSSR count). The van der Waals surface area contributed by atoms with Gasteiger partial charge in [-0.1, -0.05) is 64.0 Å². The van der Waals surface area contributed by atoms with Gasteiger partial charge in [0.15, 0.2) is 0 Å². The smallest absolute Gasteiger partial charge is 0.119 e. The molecule has 31 heavy (non-hydrogen) atoms. The first-order chi connectivity index (χ1) is 15.4. The van der Waals surface area contributed by atoms with Crippen LogP contribution in [0.3, 0.4) is 0 Å². The summed E-state index contributed by atoms with van der Waals surface area (Å²) in [5.41, 5.74) is 1.39. The molecule has 180 valence electrons. The largest absolute Gasteiger partial charge is 0.491 e. The Bertz CT molecular complexity index is 481. The van der Waals surface area contributed by atoms with Gasteiger partial charge in [-0.15, -0.1) is 11.6 Å². The highest BCUT2D eigenvalue weighted by Crippen LogP contribution is 2.15. The zero-order valence-corrected chi connectivity index (χ0v) is 20.5. The van der Waals surface area contributed by atoms with Crippen molar-refractivity contribution in [3.8, 4) is 5.75 Å². The van der Waals surface area contributed by atoms with Gasteiger partial charge in [-0.05, 0) is 43.4 Å². The number of halogens is 1. The zero-order chi connectivity index (χ0) is 22.2. The third kappa shape index (κ3) is 18.5. The van der Waals surface area contributed by atoms with Crippen molar-refractivity contribution in [3.63, 3.8) is 0 Å². The molecule has 0 atom stereocenters. The van der Waals surface area contributed by atoms with Crippen LogP contribution in [-0.4, -0.2) is 52.1 Å². The summed E-state index contributed by atoms with van der Waals surface area (Å²) in [5, 5.41) is 0. The second kappa shape index (κ2) is 22.4. The van der Waals surface area contributed by atoms with Crippen LogP contribution in [0.25, 0.3) is 0 Å². The number of rotatable bonds is 23. The van der Waals surface area contributed by atoms with Crippen molar-refractivity contribution >= 4 is 11.6 Å². The predicted octanol–water partition coefficient (Wildman–Crippen LogP) is 6.82. The fraction of sp³-hybridized carbons (Fsp3) is 0.769. The lowest BCUT2D eigenvalue weighted by molar-refractivity contribution is 0.00879. The number of benzene rings is 1. The highest BCUT2D eigenvalue weighted by atomic mass is 35.5. The van der Waals surface area contributed by atoms with E-state index in [2.05, 4.69) is 31.2 Å². The first-order valence-electron chi connectivity index (χ1n) is 12.4. The first-order valence-corrected chi connectivity index (χ1v) is 12.9. The molecule has 0 aliphatic carbocycles. The molecule has 4 nitrogen and oxygen atoms in total. The van der Waals surface area contributed by atoms with Gasteiger partial charge in [-0.2, -0.15) is 0 Å². The molecular weight excluding hydrogens is 412 g/mol. The zero-order valence-electron chi connectivity index (χ0n) is 19.8. The highest BCUT2D eigenvalue weighted by Gasteiger charge is 1.98. The Hall–Kier alpha value is -0.810. The quantitative estimate of drug-likeness (QED) is 0.134. The molecule has 0 N–H and O–H groups in total. The van der Waals surface area contributed by atoms with Crippen molar-refractivity contribution < 1.29 is 18.9 Å². The number of hydrogen-bond acceptors (Lipinski definition) is 4. The molecule has 1 aromatic carbocycles. The van der Waals surface area contributed by atoms with Gasteiger partial charge in [0.05, 0.1) is 33.0 Å². The minimum Gasteiger partial charge on any atom is -0.491 e. The van der Waals surface area contributed by atoms with Crippen LogP contribution in [0.15, 0.2) is 24.3 Å². The average molecular weight is 457 g/mol. The van der Waals surface area contributed by atoms with Gasteiger partial charge in [0, 0.05) is 12.5 Å². The molecule has 1 aromatic rings. The van der Waals surface area contributed by atoms with Crippen LogP contribution < -0.4 is 4.74 Å². The van der Waals surface area contributed by atoms with E-state index in [0.29, 0.717) is 39.6 Å². The van der Waals surface area contributed by atoms with E-state index in [1.807, 2.05) is 0 Å². The summed E-state index contributed by atoms with van der Waals surface area (Å²) in [7, 11) is 0. The summed E-state index contributed by atoms with van der Waals surface area (Å²) in [6, 6.07) is 8.48. The molecule has 0 aliphatic heterocycles. The van der Waals surface area contributed by atoms with Crippen LogP contribution in [-0.2, 0) is 20.6 Å². The Labute approximate surface area is 195 Å². The molecule has 0 saturated carbocycles. The number of unbranched alkanes of at least 4 members (excludes halogenated alkanes) is 8. The van der Waals surface area contributed by atoms with E-state index in [9.17, 15) is 0 Å². The van der Waals surface area contributed by atoms with Gasteiger partial charge in [0.2, 0.25) is 0 Å². The standard InChI is InChI=1S/C26H45ClO4/c1-2-3-4-5-6-9-12-25-13-15-26(16-14-25)31-24-23-30-22-21-29-20-19-28-18-11-8-7-10-17-27/h13-16H,2-12,17-24H2,1H3. The third-order valence-corrected chi connectivity index (χ3v) is 5.42. The van der Waals surface area contributed by atoms with Crippen LogP contribution in [0.1, 0.15) is 76.7 Å². The minimum absolute atomic E-state index is 0.559. The van der Waals surface area contributed by atoms with Gasteiger partial charge in [-0.3, -0.25) is 0 Å². The second-order valence-corrected chi connectivity index (χ2v) is 8.33. The molecule has 5 heteroatoms. The maximum Gasteiger partial charge on any atom is 0.119 e. The Morgan fingerprint density at radius 2 is 1.13 bits per heavy atom. The van der Waals surface area contributed by atoms with Crippen molar-refractivity contribution in [2.75, 3.05) is 52.1 Å². The molecular formula is C26H45ClO4. The van der Waals surface area contributed by atoms with Gasteiger partial charge in [0.1, 0.15) is 12.4 Å². The maximum absolute atomic E-state index is 5.74. The maximum atomic E-state index is 5.74. The van der Waals surface area contributed by atoms with E-state index in [1.165, 1.54) is 56.9 Å². The number of ether oxygens (including phenoxy) is 4. The van der Waals surface area contributed by atoms with E-state index >= 15 is 0 Å². The summed E-state index contributed by atoms with van der Waals surface area (Å²) in [4.78, 5) is 0. The fourth-order valence-electron chi connectivity index (χ4n) is 3.27. The summed E-state index contributed by atoms with van der Waals surface area (Å²) in [6.07, 6.45) is 13.8. The molecule has 0 heterocycles. The summed E-state index contributed by atoms with van der Waals surface area (Å²) < 4.78 is 22.3. The Morgan fingerprint density at radius 3 is 1.81 bits per heavy atom. The third-order valence-electron chi connectivity index (χ3n) is 5.16. The van der Waals surface area contributed by atoms with Crippen molar-refractivity contribution in [3.05, 3.63) is 29.8 Å². The van der Waals surface area contributed by atoms with Gasteiger partial charge in [0.25, 0.3) is 0 Å². The van der Waals surface area contributed by atoms with E-state index in [-0.39, 0.29) is 0 Å². The SMILES string of the molecule is CCCCCCCCc1ccc(OCCOCCOCCOCCCCCCCl)cc1. The molecule has 0 amide bonds. The molecule has 0 bridgehead atoms. The Kier molecular flexibility index (Phi) is 20.4. The lowest BCUT2D eigenvalue weighted by atomic mass is 10.0. The fourth-order valence-corrected chi connectivity index (χ4v) is 3.46. The predicted molar refractivity (Wildman–Crippen MR) is 131 cm³/mol. The van der Waals surface area contributed by atoms with Crippen molar-refractivity contribution in [1.29, 1.82) is 0 Å². The topological polar surface area (TPSA) is 36.9 Å². The van der Waals surface area contributed by atoms with E-state index in [4.69, 9.17) is 30.5 Å². The highest BCUT2D eigenvalue weighted by molar-refractivity contribution is 6.17. The first kappa shape index (κ1) is 28.2. The number of alkyl halides is 1. The van der Waals surface area contributed by atoms with Crippen LogP contribution in [0.2, 0.25) is 0 Å². The van der Waals surface area contributed by atoms with Crippen LogP contribution in [0.4, 0.5) is 0 Å². The van der Waals surface area contributed by atoms with E-state index in [1.54, 1.807) is 0 Å². The summed E-state index contributed by atoms with van der Waals surface area (Å²) in [6.45, 7) is 6.63. The molecule has 0 fully saturated rings.